The number of carboxylic acids is 1. The van der Waals surface area contributed by atoms with Gasteiger partial charge >= 0.3 is 18.2 Å². The molecule has 0 radical (unpaired) electrons. The molecular weight excluding hydrogens is 546 g/mol. The van der Waals surface area contributed by atoms with Crippen LogP contribution in [0.15, 0.2) is 66.7 Å². The topological polar surface area (TPSA) is 108 Å². The fourth-order valence-electron chi connectivity index (χ4n) is 4.63. The number of hydrogen-bond acceptors (Lipinski definition) is 4. The van der Waals surface area contributed by atoms with Crippen LogP contribution in [0.1, 0.15) is 39.9 Å². The lowest BCUT2D eigenvalue weighted by Gasteiger charge is -2.27. The molecule has 8 nitrogen and oxygen atoms in total. The Hall–Kier alpha value is -4.61. The summed E-state index contributed by atoms with van der Waals surface area (Å²) in [6.45, 7) is 2.02. The molecule has 1 fully saturated rings. The van der Waals surface area contributed by atoms with Crippen LogP contribution in [0.3, 0.4) is 0 Å². The largest absolute Gasteiger partial charge is 0.478 e. The van der Waals surface area contributed by atoms with E-state index in [2.05, 4.69) is 10.6 Å². The highest BCUT2D eigenvalue weighted by Gasteiger charge is 2.36. The van der Waals surface area contributed by atoms with Crippen LogP contribution in [-0.4, -0.2) is 46.9 Å². The van der Waals surface area contributed by atoms with E-state index in [0.29, 0.717) is 36.2 Å². The minimum atomic E-state index is -4.63. The Balaban J connectivity index is 1.36. The third-order valence-electron chi connectivity index (χ3n) is 6.65. The SMILES string of the molecule is Cc1cc(CC(=O)N2CCC[C@H]2C(F)Oc2ccc(C(=O)O)cc2)ccc1NC(=O)Nc1ccccc1C(F)(F)F. The number of ether oxygens (including phenoxy) is 1. The second-order valence-electron chi connectivity index (χ2n) is 9.54. The molecule has 216 valence electrons. The van der Waals surface area contributed by atoms with E-state index in [1.807, 2.05) is 0 Å². The normalized spacial score (nSPS) is 15.7. The van der Waals surface area contributed by atoms with Crippen LogP contribution in [0.2, 0.25) is 0 Å². The summed E-state index contributed by atoms with van der Waals surface area (Å²) in [6, 6.07) is 13.1. The van der Waals surface area contributed by atoms with Crippen molar-refractivity contribution in [1.82, 2.24) is 4.90 Å². The van der Waals surface area contributed by atoms with Crippen molar-refractivity contribution in [2.24, 2.45) is 0 Å². The zero-order valence-electron chi connectivity index (χ0n) is 21.9. The minimum absolute atomic E-state index is 0.0364. The number of rotatable bonds is 8. The number of carbonyl (C=O) groups is 3. The minimum Gasteiger partial charge on any atom is -0.478 e. The molecule has 0 spiro atoms. The number of hydrogen-bond donors (Lipinski definition) is 3. The summed E-state index contributed by atoms with van der Waals surface area (Å²) < 4.78 is 60.0. The van der Waals surface area contributed by atoms with Crippen molar-refractivity contribution in [2.45, 2.75) is 44.8 Å². The smallest absolute Gasteiger partial charge is 0.418 e. The molecule has 1 aliphatic heterocycles. The lowest BCUT2D eigenvalue weighted by molar-refractivity contribution is -0.137. The van der Waals surface area contributed by atoms with E-state index in [4.69, 9.17) is 9.84 Å². The van der Waals surface area contributed by atoms with Gasteiger partial charge in [-0.25, -0.2) is 9.59 Å². The molecule has 12 heteroatoms. The van der Waals surface area contributed by atoms with Crippen LogP contribution in [-0.2, 0) is 17.4 Å². The van der Waals surface area contributed by atoms with Gasteiger partial charge < -0.3 is 25.4 Å². The maximum atomic E-state index is 15.0. The van der Waals surface area contributed by atoms with Gasteiger partial charge in [0.2, 0.25) is 5.91 Å². The molecule has 41 heavy (non-hydrogen) atoms. The van der Waals surface area contributed by atoms with Crippen molar-refractivity contribution < 1.29 is 41.8 Å². The van der Waals surface area contributed by atoms with Crippen LogP contribution in [0.25, 0.3) is 0 Å². The van der Waals surface area contributed by atoms with Crippen molar-refractivity contribution in [3.63, 3.8) is 0 Å². The first-order chi connectivity index (χ1) is 19.4. The van der Waals surface area contributed by atoms with E-state index in [9.17, 15) is 27.6 Å². The Morgan fingerprint density at radius 2 is 1.71 bits per heavy atom. The second-order valence-corrected chi connectivity index (χ2v) is 9.54. The summed E-state index contributed by atoms with van der Waals surface area (Å²) in [5, 5.41) is 13.7. The number of aromatic carboxylic acids is 1. The third kappa shape index (κ3) is 7.33. The number of benzene rings is 3. The number of amides is 3. The van der Waals surface area contributed by atoms with E-state index < -0.39 is 36.1 Å². The fraction of sp³-hybridized carbons (Fsp3) is 0.276. The van der Waals surface area contributed by atoms with Crippen LogP contribution < -0.4 is 15.4 Å². The number of anilines is 2. The molecule has 1 unspecified atom stereocenters. The Labute approximate surface area is 232 Å². The van der Waals surface area contributed by atoms with Gasteiger partial charge in [-0.1, -0.05) is 24.3 Å². The first kappa shape index (κ1) is 29.4. The molecule has 1 aliphatic rings. The number of carboxylic acid groups (broad SMARTS) is 1. The highest BCUT2D eigenvalue weighted by molar-refractivity contribution is 6.00. The monoisotopic (exact) mass is 573 g/mol. The molecule has 4 rings (SSSR count). The maximum absolute atomic E-state index is 15.0. The van der Waals surface area contributed by atoms with Crippen molar-refractivity contribution in [1.29, 1.82) is 0 Å². The number of nitrogens with one attached hydrogen (secondary N) is 2. The van der Waals surface area contributed by atoms with E-state index in [0.717, 1.165) is 12.1 Å². The molecule has 1 saturated heterocycles. The number of likely N-dealkylation sites (tertiary alicyclic amines) is 1. The predicted molar refractivity (Wildman–Crippen MR) is 143 cm³/mol. The van der Waals surface area contributed by atoms with Gasteiger partial charge in [-0.15, -0.1) is 0 Å². The summed E-state index contributed by atoms with van der Waals surface area (Å²) in [5.74, 6) is -1.29. The number of aryl methyl sites for hydroxylation is 1. The molecule has 3 N–H and O–H groups in total. The second kappa shape index (κ2) is 12.3. The predicted octanol–water partition coefficient (Wildman–Crippen LogP) is 6.26. The Bertz CT molecular complexity index is 1430. The van der Waals surface area contributed by atoms with E-state index in [-0.39, 0.29) is 29.3 Å². The maximum Gasteiger partial charge on any atom is 0.418 e. The van der Waals surface area contributed by atoms with E-state index in [1.54, 1.807) is 19.1 Å². The van der Waals surface area contributed by atoms with Gasteiger partial charge in [0.25, 0.3) is 6.36 Å². The average molecular weight is 574 g/mol. The molecule has 3 aromatic carbocycles. The van der Waals surface area contributed by atoms with Crippen molar-refractivity contribution in [3.05, 3.63) is 89.0 Å². The molecule has 0 bridgehead atoms. The molecule has 0 saturated carbocycles. The molecule has 1 heterocycles. The number of halogens is 4. The quantitative estimate of drug-likeness (QED) is 0.276. The highest BCUT2D eigenvalue weighted by Crippen LogP contribution is 2.34. The summed E-state index contributed by atoms with van der Waals surface area (Å²) in [7, 11) is 0. The fourth-order valence-corrected chi connectivity index (χ4v) is 4.63. The molecule has 0 aromatic heterocycles. The highest BCUT2D eigenvalue weighted by atomic mass is 19.4. The number of nitrogens with zero attached hydrogens (tertiary/aromatic N) is 1. The lowest BCUT2D eigenvalue weighted by Crippen LogP contribution is -2.44. The van der Waals surface area contributed by atoms with Crippen LogP contribution in [0.5, 0.6) is 5.75 Å². The molecule has 3 amide bonds. The van der Waals surface area contributed by atoms with Gasteiger partial charge in [0.15, 0.2) is 0 Å². The van der Waals surface area contributed by atoms with Crippen LogP contribution >= 0.6 is 0 Å². The van der Waals surface area contributed by atoms with Gasteiger partial charge in [0.1, 0.15) is 5.75 Å². The zero-order valence-corrected chi connectivity index (χ0v) is 21.9. The van der Waals surface area contributed by atoms with Crippen molar-refractivity contribution in [2.75, 3.05) is 17.2 Å². The summed E-state index contributed by atoms with van der Waals surface area (Å²) in [6.07, 6.45) is -5.50. The zero-order chi connectivity index (χ0) is 29.7. The summed E-state index contributed by atoms with van der Waals surface area (Å²) >= 11 is 0. The van der Waals surface area contributed by atoms with Crippen molar-refractivity contribution in [3.8, 4) is 5.75 Å². The first-order valence-electron chi connectivity index (χ1n) is 12.7. The Kier molecular flexibility index (Phi) is 8.80. The van der Waals surface area contributed by atoms with Gasteiger partial charge in [-0.3, -0.25) is 4.79 Å². The molecule has 2 atom stereocenters. The standard InChI is InChI=1S/C29H27F4N3O5/c1-17-15-18(8-13-22(17)34-28(40)35-23-6-3-2-5-21(23)29(31,32)33)16-25(37)36-14-4-7-24(36)26(30)41-20-11-9-19(10-12-20)27(38)39/h2-3,5-6,8-13,15,24,26H,4,7,14,16H2,1H3,(H,38,39)(H2,34,35,40)/t24-,26?/m0/s1. The van der Waals surface area contributed by atoms with Gasteiger partial charge in [0.05, 0.1) is 29.3 Å². The van der Waals surface area contributed by atoms with Crippen molar-refractivity contribution >= 4 is 29.3 Å². The van der Waals surface area contributed by atoms with Gasteiger partial charge in [-0.2, -0.15) is 17.6 Å². The first-order valence-corrected chi connectivity index (χ1v) is 12.7. The molecule has 3 aromatic rings. The number of carbonyl (C=O) groups excluding carboxylic acids is 2. The third-order valence-corrected chi connectivity index (χ3v) is 6.65. The molecule has 0 aliphatic carbocycles. The average Bonchev–Trinajstić information content (AvgIpc) is 3.41. The Morgan fingerprint density at radius 3 is 2.37 bits per heavy atom. The lowest BCUT2D eigenvalue weighted by atomic mass is 10.1. The van der Waals surface area contributed by atoms with Gasteiger partial charge in [0, 0.05) is 12.2 Å². The van der Waals surface area contributed by atoms with E-state index in [1.165, 1.54) is 47.4 Å². The summed E-state index contributed by atoms with van der Waals surface area (Å²) in [5.41, 5.74) is 0.196. The van der Waals surface area contributed by atoms with Gasteiger partial charge in [-0.05, 0) is 73.4 Å². The number of para-hydroxylation sites is 1. The van der Waals surface area contributed by atoms with Crippen LogP contribution in [0, 0.1) is 6.92 Å². The summed E-state index contributed by atoms with van der Waals surface area (Å²) in [4.78, 5) is 37.9. The van der Waals surface area contributed by atoms with E-state index >= 15 is 4.39 Å². The van der Waals surface area contributed by atoms with Crippen LogP contribution in [0.4, 0.5) is 33.7 Å². The number of urea groups is 1. The number of alkyl halides is 4. The molecular formula is C29H27F4N3O5. The Morgan fingerprint density at radius 1 is 1.02 bits per heavy atom.